The first-order valence-electron chi connectivity index (χ1n) is 5.51. The van der Waals surface area contributed by atoms with Crippen molar-refractivity contribution in [3.8, 4) is 0 Å². The molecule has 2 unspecified atom stereocenters. The number of rotatable bonds is 7. The third-order valence-corrected chi connectivity index (χ3v) is 2.48. The van der Waals surface area contributed by atoms with Crippen molar-refractivity contribution in [3.63, 3.8) is 0 Å². The van der Waals surface area contributed by atoms with E-state index in [-0.39, 0.29) is 17.8 Å². The van der Waals surface area contributed by atoms with E-state index in [0.717, 1.165) is 0 Å². The fourth-order valence-corrected chi connectivity index (χ4v) is 1.43. The number of nitrogens with two attached hydrogens (primary N) is 1. The largest absolute Gasteiger partial charge is 0.469 e. The zero-order valence-electron chi connectivity index (χ0n) is 10.9. The van der Waals surface area contributed by atoms with E-state index in [1.54, 1.807) is 21.1 Å². The van der Waals surface area contributed by atoms with E-state index in [9.17, 15) is 9.59 Å². The van der Waals surface area contributed by atoms with Crippen LogP contribution in [0.4, 0.5) is 0 Å². The van der Waals surface area contributed by atoms with Gasteiger partial charge in [-0.15, -0.1) is 0 Å². The number of amides is 1. The van der Waals surface area contributed by atoms with Gasteiger partial charge in [-0.25, -0.2) is 0 Å². The first kappa shape index (κ1) is 15.9. The zero-order valence-corrected chi connectivity index (χ0v) is 10.9. The van der Waals surface area contributed by atoms with E-state index < -0.39 is 6.04 Å². The predicted molar refractivity (Wildman–Crippen MR) is 63.3 cm³/mol. The van der Waals surface area contributed by atoms with E-state index in [4.69, 9.17) is 10.5 Å². The van der Waals surface area contributed by atoms with Crippen molar-refractivity contribution >= 4 is 11.9 Å². The Balaban J connectivity index is 4.16. The molecule has 0 rings (SSSR count). The lowest BCUT2D eigenvalue weighted by Crippen LogP contribution is -2.44. The van der Waals surface area contributed by atoms with Crippen LogP contribution in [0.25, 0.3) is 0 Å². The number of methoxy groups -OCH3 is 2. The number of hydrogen-bond acceptors (Lipinski definition) is 5. The zero-order chi connectivity index (χ0) is 13.4. The van der Waals surface area contributed by atoms with Gasteiger partial charge in [-0.1, -0.05) is 6.92 Å². The minimum atomic E-state index is -0.593. The SMILES string of the molecule is COCCC(N)C(=O)N(C)CC(C)C(=O)OC. The molecule has 0 aromatic carbocycles. The molecule has 1 amide bonds. The van der Waals surface area contributed by atoms with Crippen LogP contribution in [-0.2, 0) is 19.1 Å². The summed E-state index contributed by atoms with van der Waals surface area (Å²) in [7, 11) is 4.50. The third-order valence-electron chi connectivity index (χ3n) is 2.48. The molecule has 2 atom stereocenters. The molecule has 6 nitrogen and oxygen atoms in total. The molecular formula is C11H22N2O4. The van der Waals surface area contributed by atoms with Gasteiger partial charge in [0.2, 0.25) is 5.91 Å². The van der Waals surface area contributed by atoms with E-state index in [1.165, 1.54) is 12.0 Å². The molecule has 100 valence electrons. The normalized spacial score (nSPS) is 13.9. The van der Waals surface area contributed by atoms with E-state index in [1.807, 2.05) is 0 Å². The van der Waals surface area contributed by atoms with Crippen LogP contribution in [0.5, 0.6) is 0 Å². The highest BCUT2D eigenvalue weighted by atomic mass is 16.5. The van der Waals surface area contributed by atoms with Crippen molar-refractivity contribution in [1.82, 2.24) is 4.90 Å². The van der Waals surface area contributed by atoms with Gasteiger partial charge in [-0.2, -0.15) is 0 Å². The molecule has 0 bridgehead atoms. The topological polar surface area (TPSA) is 81.9 Å². The van der Waals surface area contributed by atoms with Gasteiger partial charge < -0.3 is 20.1 Å². The van der Waals surface area contributed by atoms with E-state index in [0.29, 0.717) is 19.6 Å². The summed E-state index contributed by atoms with van der Waals surface area (Å²) >= 11 is 0. The molecular weight excluding hydrogens is 224 g/mol. The van der Waals surface area contributed by atoms with Gasteiger partial charge in [-0.05, 0) is 6.42 Å². The number of hydrogen-bond donors (Lipinski definition) is 1. The maximum Gasteiger partial charge on any atom is 0.310 e. The van der Waals surface area contributed by atoms with Crippen molar-refractivity contribution in [3.05, 3.63) is 0 Å². The summed E-state index contributed by atoms with van der Waals surface area (Å²) in [5, 5.41) is 0. The second-order valence-electron chi connectivity index (χ2n) is 4.03. The van der Waals surface area contributed by atoms with Crippen LogP contribution in [-0.4, -0.2) is 57.2 Å². The summed E-state index contributed by atoms with van der Waals surface area (Å²) in [5.74, 6) is -0.892. The van der Waals surface area contributed by atoms with Gasteiger partial charge in [0.05, 0.1) is 19.1 Å². The number of ether oxygens (including phenoxy) is 2. The molecule has 17 heavy (non-hydrogen) atoms. The second kappa shape index (κ2) is 8.03. The van der Waals surface area contributed by atoms with Crippen LogP contribution in [0.2, 0.25) is 0 Å². The van der Waals surface area contributed by atoms with E-state index in [2.05, 4.69) is 4.74 Å². The average molecular weight is 246 g/mol. The maximum atomic E-state index is 11.8. The minimum absolute atomic E-state index is 0.196. The Morgan fingerprint density at radius 3 is 2.41 bits per heavy atom. The maximum absolute atomic E-state index is 11.8. The van der Waals surface area contributed by atoms with Crippen LogP contribution < -0.4 is 5.73 Å². The Bertz CT molecular complexity index is 258. The van der Waals surface area contributed by atoms with Crippen molar-refractivity contribution in [2.24, 2.45) is 11.7 Å². The minimum Gasteiger partial charge on any atom is -0.469 e. The lowest BCUT2D eigenvalue weighted by atomic mass is 10.1. The van der Waals surface area contributed by atoms with Gasteiger partial charge in [0.1, 0.15) is 0 Å². The van der Waals surface area contributed by atoms with Crippen molar-refractivity contribution in [2.45, 2.75) is 19.4 Å². The Morgan fingerprint density at radius 2 is 1.94 bits per heavy atom. The highest BCUT2D eigenvalue weighted by Crippen LogP contribution is 2.03. The standard InChI is InChI=1S/C11H22N2O4/c1-8(11(15)17-4)7-13(2)10(14)9(12)5-6-16-3/h8-9H,5-7,12H2,1-4H3. The lowest BCUT2D eigenvalue weighted by Gasteiger charge is -2.23. The molecule has 0 aromatic rings. The summed E-state index contributed by atoms with van der Waals surface area (Å²) in [5.41, 5.74) is 5.70. The first-order chi connectivity index (χ1) is 7.93. The predicted octanol–water partition coefficient (Wildman–Crippen LogP) is -0.382. The molecule has 0 spiro atoms. The number of nitrogens with zero attached hydrogens (tertiary/aromatic N) is 1. The van der Waals surface area contributed by atoms with Gasteiger partial charge in [0.15, 0.2) is 0 Å². The number of esters is 1. The summed E-state index contributed by atoms with van der Waals surface area (Å²) in [4.78, 5) is 24.4. The van der Waals surface area contributed by atoms with Crippen LogP contribution >= 0.6 is 0 Å². The molecule has 0 aliphatic heterocycles. The number of likely N-dealkylation sites (N-methyl/N-ethyl adjacent to an activating group) is 1. The lowest BCUT2D eigenvalue weighted by molar-refractivity contribution is -0.146. The molecule has 2 N–H and O–H groups in total. The van der Waals surface area contributed by atoms with Gasteiger partial charge in [0.25, 0.3) is 0 Å². The van der Waals surface area contributed by atoms with E-state index >= 15 is 0 Å². The molecule has 0 saturated heterocycles. The Morgan fingerprint density at radius 1 is 1.35 bits per heavy atom. The number of carbonyl (C=O) groups excluding carboxylic acids is 2. The highest BCUT2D eigenvalue weighted by molar-refractivity contribution is 5.82. The smallest absolute Gasteiger partial charge is 0.310 e. The van der Waals surface area contributed by atoms with Gasteiger partial charge >= 0.3 is 5.97 Å². The Labute approximate surface area is 102 Å². The highest BCUT2D eigenvalue weighted by Gasteiger charge is 2.22. The van der Waals surface area contributed by atoms with Crippen LogP contribution in [0, 0.1) is 5.92 Å². The molecule has 0 aromatic heterocycles. The summed E-state index contributed by atoms with van der Waals surface area (Å²) in [6.07, 6.45) is 0.465. The average Bonchev–Trinajstić information content (AvgIpc) is 2.33. The Kier molecular flexibility index (Phi) is 7.49. The Hall–Kier alpha value is -1.14. The molecule has 0 aliphatic rings. The third kappa shape index (κ3) is 5.65. The molecule has 0 fully saturated rings. The fourth-order valence-electron chi connectivity index (χ4n) is 1.43. The quantitative estimate of drug-likeness (QED) is 0.619. The van der Waals surface area contributed by atoms with Crippen molar-refractivity contribution in [2.75, 3.05) is 34.4 Å². The molecule has 6 heteroatoms. The molecule has 0 radical (unpaired) electrons. The molecule has 0 saturated carbocycles. The van der Waals surface area contributed by atoms with Gasteiger partial charge in [0, 0.05) is 27.3 Å². The van der Waals surface area contributed by atoms with Crippen LogP contribution in [0.3, 0.4) is 0 Å². The van der Waals surface area contributed by atoms with Gasteiger partial charge in [-0.3, -0.25) is 9.59 Å². The first-order valence-corrected chi connectivity index (χ1v) is 5.51. The fraction of sp³-hybridized carbons (Fsp3) is 0.818. The molecule has 0 heterocycles. The van der Waals surface area contributed by atoms with Crippen LogP contribution in [0.15, 0.2) is 0 Å². The molecule has 0 aliphatic carbocycles. The van der Waals surface area contributed by atoms with Crippen molar-refractivity contribution < 1.29 is 19.1 Å². The number of carbonyl (C=O) groups is 2. The van der Waals surface area contributed by atoms with Crippen LogP contribution in [0.1, 0.15) is 13.3 Å². The second-order valence-corrected chi connectivity index (χ2v) is 4.03. The monoisotopic (exact) mass is 246 g/mol. The summed E-state index contributed by atoms with van der Waals surface area (Å²) < 4.78 is 9.44. The summed E-state index contributed by atoms with van der Waals surface area (Å²) in [6.45, 7) is 2.44. The summed E-state index contributed by atoms with van der Waals surface area (Å²) in [6, 6.07) is -0.593. The van der Waals surface area contributed by atoms with Crippen molar-refractivity contribution in [1.29, 1.82) is 0 Å².